The van der Waals surface area contributed by atoms with Gasteiger partial charge in [-0.1, -0.05) is 35.3 Å². The molecule has 8 heteroatoms. The number of hydrogen-bond acceptors (Lipinski definition) is 4. The van der Waals surface area contributed by atoms with Crippen molar-refractivity contribution < 1.29 is 24.6 Å². The maximum Gasteiger partial charge on any atom is 0.334 e. The molecule has 0 saturated heterocycles. The van der Waals surface area contributed by atoms with Crippen LogP contribution in [0.4, 0.5) is 0 Å². The van der Waals surface area contributed by atoms with Crippen molar-refractivity contribution in [2.75, 3.05) is 0 Å². The molecule has 1 atom stereocenters. The lowest BCUT2D eigenvalue weighted by molar-refractivity contribution is -0.133. The van der Waals surface area contributed by atoms with Crippen LogP contribution in [0.3, 0.4) is 0 Å². The molecule has 120 valence electrons. The number of nitrogens with one attached hydrogen (secondary N) is 1. The highest BCUT2D eigenvalue weighted by atomic mass is 35.5. The van der Waals surface area contributed by atoms with Crippen LogP contribution in [-0.2, 0) is 14.4 Å². The van der Waals surface area contributed by atoms with Gasteiger partial charge in [-0.15, -0.1) is 0 Å². The molecule has 0 aromatic heterocycles. The Morgan fingerprint density at radius 2 is 1.78 bits per heavy atom. The zero-order chi connectivity index (χ0) is 17.3. The van der Waals surface area contributed by atoms with Gasteiger partial charge in [-0.3, -0.25) is 4.79 Å². The van der Waals surface area contributed by atoms with Crippen molar-refractivity contribution in [3.63, 3.8) is 0 Å². The molecule has 1 heterocycles. The first-order valence-electron chi connectivity index (χ1n) is 6.37. The Morgan fingerprint density at radius 1 is 1.17 bits per heavy atom. The normalized spacial score (nSPS) is 17.8. The highest BCUT2D eigenvalue weighted by Gasteiger charge is 2.38. The molecular weight excluding hydrogens is 345 g/mol. The van der Waals surface area contributed by atoms with E-state index in [4.69, 9.17) is 23.2 Å². The fourth-order valence-electron chi connectivity index (χ4n) is 2.52. The molecule has 1 aromatic rings. The quantitative estimate of drug-likeness (QED) is 0.717. The number of carbonyl (C=O) groups is 3. The zero-order valence-corrected chi connectivity index (χ0v) is 13.3. The highest BCUT2D eigenvalue weighted by molar-refractivity contribution is 6.42. The molecule has 0 saturated carbocycles. The average molecular weight is 356 g/mol. The largest absolute Gasteiger partial charge is 0.478 e. The van der Waals surface area contributed by atoms with Crippen LogP contribution in [0.25, 0.3) is 0 Å². The summed E-state index contributed by atoms with van der Waals surface area (Å²) < 4.78 is 0. The van der Waals surface area contributed by atoms with E-state index in [2.05, 4.69) is 5.32 Å². The van der Waals surface area contributed by atoms with E-state index in [1.807, 2.05) is 0 Å². The van der Waals surface area contributed by atoms with Crippen molar-refractivity contribution in [3.05, 3.63) is 56.3 Å². The molecule has 0 fully saturated rings. The number of halogens is 2. The third-order valence-electron chi connectivity index (χ3n) is 3.46. The summed E-state index contributed by atoms with van der Waals surface area (Å²) in [6.07, 6.45) is 0.330. The first-order chi connectivity index (χ1) is 10.8. The molecule has 1 aliphatic heterocycles. The number of rotatable bonds is 4. The van der Waals surface area contributed by atoms with Crippen LogP contribution in [0.5, 0.6) is 0 Å². The van der Waals surface area contributed by atoms with Crippen LogP contribution >= 0.6 is 23.2 Å². The lowest BCUT2D eigenvalue weighted by Gasteiger charge is -2.28. The van der Waals surface area contributed by atoms with Crippen LogP contribution in [0.15, 0.2) is 40.7 Å². The van der Waals surface area contributed by atoms with Crippen molar-refractivity contribution >= 4 is 41.4 Å². The third-order valence-corrected chi connectivity index (χ3v) is 4.30. The number of benzene rings is 1. The molecule has 1 aliphatic rings. The van der Waals surface area contributed by atoms with E-state index in [1.54, 1.807) is 0 Å². The summed E-state index contributed by atoms with van der Waals surface area (Å²) in [5.41, 5.74) is -0.467. The Hall–Kier alpha value is -2.31. The van der Waals surface area contributed by atoms with E-state index in [-0.39, 0.29) is 32.6 Å². The maximum atomic E-state index is 11.6. The molecule has 3 N–H and O–H groups in total. The fraction of sp³-hybridized carbons (Fsp3) is 0.133. The molecule has 0 aliphatic carbocycles. The first-order valence-corrected chi connectivity index (χ1v) is 7.12. The number of carboxylic acid groups (broad SMARTS) is 2. The summed E-state index contributed by atoms with van der Waals surface area (Å²) in [6.45, 7) is 1.44. The minimum atomic E-state index is -1.42. The number of carboxylic acids is 2. The van der Waals surface area contributed by atoms with Gasteiger partial charge >= 0.3 is 11.9 Å². The molecule has 0 spiro atoms. The van der Waals surface area contributed by atoms with E-state index in [9.17, 15) is 24.6 Å². The molecule has 6 nitrogen and oxygen atoms in total. The lowest BCUT2D eigenvalue weighted by atomic mass is 9.80. The predicted octanol–water partition coefficient (Wildman–Crippen LogP) is 2.58. The van der Waals surface area contributed by atoms with E-state index in [1.165, 1.54) is 25.1 Å². The maximum absolute atomic E-state index is 11.6. The summed E-state index contributed by atoms with van der Waals surface area (Å²) in [7, 11) is 0. The van der Waals surface area contributed by atoms with Gasteiger partial charge in [0.05, 0.1) is 32.8 Å². The number of dihydropyridines is 1. The number of aliphatic carboxylic acids is 2. The molecule has 0 bridgehead atoms. The van der Waals surface area contributed by atoms with Gasteiger partial charge in [0.1, 0.15) is 0 Å². The molecule has 1 aromatic carbocycles. The molecular formula is C15H11Cl2NO5. The van der Waals surface area contributed by atoms with Crippen LogP contribution in [0.2, 0.25) is 10.0 Å². The summed E-state index contributed by atoms with van der Waals surface area (Å²) >= 11 is 12.1. The summed E-state index contributed by atoms with van der Waals surface area (Å²) in [5.74, 6) is -3.97. The fourth-order valence-corrected chi connectivity index (χ4v) is 2.94. The number of hydrogen-bond donors (Lipinski definition) is 3. The zero-order valence-electron chi connectivity index (χ0n) is 11.8. The Labute approximate surface area is 141 Å². The van der Waals surface area contributed by atoms with Gasteiger partial charge < -0.3 is 15.5 Å². The van der Waals surface area contributed by atoms with Gasteiger partial charge in [0.2, 0.25) is 0 Å². The SMILES string of the molecule is CC1=C(C(=O)O)C(c2cccc(Cl)c2Cl)C(C(=O)O)=C(C=O)N1. The van der Waals surface area contributed by atoms with Gasteiger partial charge in [0.15, 0.2) is 6.29 Å². The Morgan fingerprint density at radius 3 is 2.30 bits per heavy atom. The van der Waals surface area contributed by atoms with Crippen molar-refractivity contribution in [1.82, 2.24) is 5.32 Å². The Balaban J connectivity index is 2.83. The van der Waals surface area contributed by atoms with Gasteiger partial charge in [0, 0.05) is 5.70 Å². The Kier molecular flexibility index (Phi) is 4.77. The van der Waals surface area contributed by atoms with Crippen molar-refractivity contribution in [3.8, 4) is 0 Å². The van der Waals surface area contributed by atoms with E-state index >= 15 is 0 Å². The minimum absolute atomic E-state index is 0.0385. The molecule has 0 radical (unpaired) electrons. The van der Waals surface area contributed by atoms with Crippen molar-refractivity contribution in [2.24, 2.45) is 0 Å². The third kappa shape index (κ3) is 2.95. The molecule has 0 amide bonds. The average Bonchev–Trinajstić information content (AvgIpc) is 2.48. The monoisotopic (exact) mass is 355 g/mol. The smallest absolute Gasteiger partial charge is 0.334 e. The topological polar surface area (TPSA) is 104 Å². The second kappa shape index (κ2) is 6.44. The van der Waals surface area contributed by atoms with Gasteiger partial charge in [-0.2, -0.15) is 0 Å². The second-order valence-corrected chi connectivity index (χ2v) is 5.58. The van der Waals surface area contributed by atoms with Crippen LogP contribution in [-0.4, -0.2) is 28.4 Å². The minimum Gasteiger partial charge on any atom is -0.478 e. The van der Waals surface area contributed by atoms with E-state index in [0.29, 0.717) is 6.29 Å². The van der Waals surface area contributed by atoms with Crippen LogP contribution < -0.4 is 5.32 Å². The van der Waals surface area contributed by atoms with Gasteiger partial charge in [0.25, 0.3) is 0 Å². The number of allylic oxidation sites excluding steroid dienone is 2. The van der Waals surface area contributed by atoms with Crippen molar-refractivity contribution in [2.45, 2.75) is 12.8 Å². The Bertz CT molecular complexity index is 782. The number of carbonyl (C=O) groups excluding carboxylic acids is 1. The highest BCUT2D eigenvalue weighted by Crippen LogP contribution is 2.42. The summed E-state index contributed by atoms with van der Waals surface area (Å²) in [6, 6.07) is 4.50. The van der Waals surface area contributed by atoms with Crippen LogP contribution in [0.1, 0.15) is 18.4 Å². The van der Waals surface area contributed by atoms with E-state index < -0.39 is 23.4 Å². The predicted molar refractivity (Wildman–Crippen MR) is 83.4 cm³/mol. The standard InChI is InChI=1S/C15H11Cl2NO5/c1-6-10(14(20)21)11(7-3-2-4-8(16)13(7)17)12(15(22)23)9(5-19)18-6/h2-5,11,18H,1H3,(H,20,21)(H,22,23). The lowest BCUT2D eigenvalue weighted by Crippen LogP contribution is -2.32. The number of aldehydes is 1. The molecule has 2 rings (SSSR count). The van der Waals surface area contributed by atoms with E-state index in [0.717, 1.165) is 0 Å². The van der Waals surface area contributed by atoms with Crippen LogP contribution in [0, 0.1) is 0 Å². The van der Waals surface area contributed by atoms with Gasteiger partial charge in [-0.25, -0.2) is 9.59 Å². The second-order valence-electron chi connectivity index (χ2n) is 4.80. The summed E-state index contributed by atoms with van der Waals surface area (Å²) in [5, 5.41) is 21.7. The van der Waals surface area contributed by atoms with Crippen molar-refractivity contribution in [1.29, 1.82) is 0 Å². The molecule has 23 heavy (non-hydrogen) atoms. The molecule has 1 unspecified atom stereocenters. The first kappa shape index (κ1) is 17.1. The summed E-state index contributed by atoms with van der Waals surface area (Å²) in [4.78, 5) is 34.5. The van der Waals surface area contributed by atoms with Gasteiger partial charge in [-0.05, 0) is 18.6 Å².